The molecule has 7 nitrogen and oxygen atoms in total. The number of aryl methyl sites for hydroxylation is 2. The van der Waals surface area contributed by atoms with Crippen molar-refractivity contribution in [1.29, 1.82) is 0 Å². The summed E-state index contributed by atoms with van der Waals surface area (Å²) in [5.74, 6) is -0.278. The molecule has 1 aliphatic rings. The smallest absolute Gasteiger partial charge is 0.319 e. The number of aromatic hydroxyl groups is 1. The standard InChI is InChI=1S/C22H24ClN3O4/c1-5-30-18-9-15(16(23)10-17(18)27)20-19(13(4)24-22(29)26-20)21(28)25-14-7-6-11(2)12(3)8-14/h6-10,20,27H,5H2,1-4H3,(H,25,28)(H2,24,26,29). The molecule has 8 heteroatoms. The zero-order valence-electron chi connectivity index (χ0n) is 17.2. The normalized spacial score (nSPS) is 16.0. The Bertz CT molecular complexity index is 1050. The predicted octanol–water partition coefficient (Wildman–Crippen LogP) is 4.33. The van der Waals surface area contributed by atoms with Crippen LogP contribution in [0.25, 0.3) is 0 Å². The number of benzene rings is 2. The highest BCUT2D eigenvalue weighted by Gasteiger charge is 2.33. The SMILES string of the molecule is CCOc1cc(C2NC(=O)NC(C)=C2C(=O)Nc2ccc(C)c(C)c2)c(Cl)cc1O. The maximum absolute atomic E-state index is 13.2. The molecule has 3 amide bonds. The minimum Gasteiger partial charge on any atom is -0.504 e. The largest absolute Gasteiger partial charge is 0.504 e. The van der Waals surface area contributed by atoms with E-state index in [9.17, 15) is 14.7 Å². The van der Waals surface area contributed by atoms with Gasteiger partial charge >= 0.3 is 6.03 Å². The molecule has 30 heavy (non-hydrogen) atoms. The number of amides is 3. The van der Waals surface area contributed by atoms with Crippen LogP contribution in [-0.4, -0.2) is 23.7 Å². The quantitative estimate of drug-likeness (QED) is 0.568. The molecule has 0 aromatic heterocycles. The molecule has 3 rings (SSSR count). The van der Waals surface area contributed by atoms with Crippen LogP contribution in [0.15, 0.2) is 41.6 Å². The first-order valence-electron chi connectivity index (χ1n) is 9.53. The van der Waals surface area contributed by atoms with Crippen molar-refractivity contribution >= 4 is 29.2 Å². The Hall–Kier alpha value is -3.19. The van der Waals surface area contributed by atoms with Crippen molar-refractivity contribution in [2.75, 3.05) is 11.9 Å². The third kappa shape index (κ3) is 4.36. The molecule has 2 aromatic rings. The van der Waals surface area contributed by atoms with E-state index in [-0.39, 0.29) is 22.4 Å². The van der Waals surface area contributed by atoms with Crippen molar-refractivity contribution in [1.82, 2.24) is 10.6 Å². The van der Waals surface area contributed by atoms with E-state index >= 15 is 0 Å². The van der Waals surface area contributed by atoms with Gasteiger partial charge in [0, 0.05) is 23.0 Å². The second-order valence-electron chi connectivity index (χ2n) is 7.10. The number of phenols is 1. The van der Waals surface area contributed by atoms with Crippen molar-refractivity contribution < 1.29 is 19.4 Å². The predicted molar refractivity (Wildman–Crippen MR) is 116 cm³/mol. The van der Waals surface area contributed by atoms with Crippen molar-refractivity contribution in [2.24, 2.45) is 0 Å². The number of rotatable bonds is 5. The molecule has 4 N–H and O–H groups in total. The molecular formula is C22H24ClN3O4. The lowest BCUT2D eigenvalue weighted by Gasteiger charge is -2.29. The van der Waals surface area contributed by atoms with Crippen LogP contribution in [0, 0.1) is 13.8 Å². The summed E-state index contributed by atoms with van der Waals surface area (Å²) in [6.07, 6.45) is 0. The molecule has 0 spiro atoms. The van der Waals surface area contributed by atoms with Crippen LogP contribution < -0.4 is 20.7 Å². The molecule has 2 aromatic carbocycles. The molecule has 0 saturated heterocycles. The number of carbonyl (C=O) groups excluding carboxylic acids is 2. The van der Waals surface area contributed by atoms with Crippen molar-refractivity contribution in [3.63, 3.8) is 0 Å². The number of anilines is 1. The van der Waals surface area contributed by atoms with E-state index < -0.39 is 12.1 Å². The number of hydrogen-bond donors (Lipinski definition) is 4. The summed E-state index contributed by atoms with van der Waals surface area (Å²) in [6.45, 7) is 7.73. The average molecular weight is 430 g/mol. The van der Waals surface area contributed by atoms with Gasteiger partial charge in [-0.1, -0.05) is 17.7 Å². The fourth-order valence-corrected chi connectivity index (χ4v) is 3.56. The highest BCUT2D eigenvalue weighted by molar-refractivity contribution is 6.31. The summed E-state index contributed by atoms with van der Waals surface area (Å²) in [7, 11) is 0. The number of nitrogens with one attached hydrogen (secondary N) is 3. The van der Waals surface area contributed by atoms with E-state index in [1.165, 1.54) is 12.1 Å². The third-order valence-corrected chi connectivity index (χ3v) is 5.29. The summed E-state index contributed by atoms with van der Waals surface area (Å²) < 4.78 is 5.44. The average Bonchev–Trinajstić information content (AvgIpc) is 2.66. The Balaban J connectivity index is 2.02. The molecule has 0 radical (unpaired) electrons. The van der Waals surface area contributed by atoms with E-state index in [0.29, 0.717) is 29.1 Å². The lowest BCUT2D eigenvalue weighted by Crippen LogP contribution is -2.46. The van der Waals surface area contributed by atoms with E-state index in [0.717, 1.165) is 11.1 Å². The molecule has 1 aliphatic heterocycles. The van der Waals surface area contributed by atoms with Crippen LogP contribution in [0.3, 0.4) is 0 Å². The van der Waals surface area contributed by atoms with Crippen molar-refractivity contribution in [3.05, 3.63) is 63.3 Å². The number of ether oxygens (including phenoxy) is 1. The number of carbonyl (C=O) groups is 2. The number of allylic oxidation sites excluding steroid dienone is 1. The second-order valence-corrected chi connectivity index (χ2v) is 7.50. The summed E-state index contributed by atoms with van der Waals surface area (Å²) in [6, 6.07) is 7.22. The van der Waals surface area contributed by atoms with Crippen LogP contribution in [0.1, 0.15) is 36.6 Å². The molecular weight excluding hydrogens is 406 g/mol. The Morgan fingerprint density at radius 1 is 1.20 bits per heavy atom. The molecule has 0 aliphatic carbocycles. The lowest BCUT2D eigenvalue weighted by molar-refractivity contribution is -0.113. The lowest BCUT2D eigenvalue weighted by atomic mass is 9.94. The summed E-state index contributed by atoms with van der Waals surface area (Å²) >= 11 is 6.36. The maximum Gasteiger partial charge on any atom is 0.319 e. The van der Waals surface area contributed by atoms with E-state index in [2.05, 4.69) is 16.0 Å². The molecule has 0 fully saturated rings. The topological polar surface area (TPSA) is 99.7 Å². The molecule has 0 bridgehead atoms. The van der Waals surface area contributed by atoms with Crippen LogP contribution in [0.5, 0.6) is 11.5 Å². The number of urea groups is 1. The molecule has 1 heterocycles. The zero-order chi connectivity index (χ0) is 22.0. The van der Waals surface area contributed by atoms with E-state index in [4.69, 9.17) is 16.3 Å². The zero-order valence-corrected chi connectivity index (χ0v) is 18.0. The Kier molecular flexibility index (Phi) is 6.22. The second kappa shape index (κ2) is 8.67. The number of hydrogen-bond acceptors (Lipinski definition) is 4. The number of phenolic OH excluding ortho intramolecular Hbond substituents is 1. The van der Waals surface area contributed by atoms with Gasteiger partial charge in [-0.15, -0.1) is 0 Å². The third-order valence-electron chi connectivity index (χ3n) is 4.97. The first-order valence-corrected chi connectivity index (χ1v) is 9.91. The van der Waals surface area contributed by atoms with Gasteiger partial charge < -0.3 is 25.8 Å². The van der Waals surface area contributed by atoms with Gasteiger partial charge in [-0.05, 0) is 57.0 Å². The Morgan fingerprint density at radius 2 is 1.93 bits per heavy atom. The number of halogens is 1. The molecule has 1 atom stereocenters. The van der Waals surface area contributed by atoms with Gasteiger partial charge in [-0.3, -0.25) is 4.79 Å². The molecule has 158 valence electrons. The van der Waals surface area contributed by atoms with Gasteiger partial charge in [-0.2, -0.15) is 0 Å². The Morgan fingerprint density at radius 3 is 2.60 bits per heavy atom. The van der Waals surface area contributed by atoms with Crippen LogP contribution >= 0.6 is 11.6 Å². The van der Waals surface area contributed by atoms with Gasteiger partial charge in [0.1, 0.15) is 0 Å². The van der Waals surface area contributed by atoms with Gasteiger partial charge in [0.2, 0.25) is 0 Å². The fraction of sp³-hybridized carbons (Fsp3) is 0.273. The summed E-state index contributed by atoms with van der Waals surface area (Å²) in [5, 5.41) is 18.5. The van der Waals surface area contributed by atoms with E-state index in [1.807, 2.05) is 32.0 Å². The fourth-order valence-electron chi connectivity index (χ4n) is 3.30. The minimum absolute atomic E-state index is 0.118. The van der Waals surface area contributed by atoms with E-state index in [1.54, 1.807) is 13.8 Å². The van der Waals surface area contributed by atoms with Crippen LogP contribution in [0.2, 0.25) is 5.02 Å². The first-order chi connectivity index (χ1) is 14.2. The maximum atomic E-state index is 13.2. The summed E-state index contributed by atoms with van der Waals surface area (Å²) in [5.41, 5.74) is 3.97. The van der Waals surface area contributed by atoms with Crippen molar-refractivity contribution in [3.8, 4) is 11.5 Å². The van der Waals surface area contributed by atoms with Gasteiger partial charge in [0.05, 0.1) is 23.2 Å². The summed E-state index contributed by atoms with van der Waals surface area (Å²) in [4.78, 5) is 25.3. The van der Waals surface area contributed by atoms with Gasteiger partial charge in [0.25, 0.3) is 5.91 Å². The highest BCUT2D eigenvalue weighted by Crippen LogP contribution is 2.39. The first kappa shape index (κ1) is 21.5. The van der Waals surface area contributed by atoms with Gasteiger partial charge in [0.15, 0.2) is 11.5 Å². The van der Waals surface area contributed by atoms with Crippen molar-refractivity contribution in [2.45, 2.75) is 33.7 Å². The van der Waals surface area contributed by atoms with Crippen LogP contribution in [0.4, 0.5) is 10.5 Å². The highest BCUT2D eigenvalue weighted by atomic mass is 35.5. The van der Waals surface area contributed by atoms with Crippen LogP contribution in [-0.2, 0) is 4.79 Å². The monoisotopic (exact) mass is 429 g/mol. The molecule has 1 unspecified atom stereocenters. The molecule has 0 saturated carbocycles. The Labute approximate surface area is 180 Å². The van der Waals surface area contributed by atoms with Gasteiger partial charge in [-0.25, -0.2) is 4.79 Å². The minimum atomic E-state index is -0.822.